The Morgan fingerprint density at radius 2 is 1.30 bits per heavy atom. The van der Waals surface area contributed by atoms with Gasteiger partial charge in [-0.25, -0.2) is 9.97 Å². The molecule has 0 aliphatic carbocycles. The normalized spacial score (nSPS) is 12.1. The van der Waals surface area contributed by atoms with Crippen molar-refractivity contribution in [3.05, 3.63) is 175 Å². The van der Waals surface area contributed by atoms with Crippen LogP contribution in [0.1, 0.15) is 77.0 Å². The van der Waals surface area contributed by atoms with Crippen LogP contribution in [0.5, 0.6) is 0 Å². The van der Waals surface area contributed by atoms with Crippen molar-refractivity contribution in [1.82, 2.24) is 29.1 Å². The maximum Gasteiger partial charge on any atom is 2.00 e. The molecule has 0 amide bonds. The van der Waals surface area contributed by atoms with Gasteiger partial charge in [0, 0.05) is 35.4 Å². The average Bonchev–Trinajstić information content (AvgIpc) is 3.98. The van der Waals surface area contributed by atoms with E-state index in [2.05, 4.69) is 190 Å². The molecule has 7 heteroatoms. The van der Waals surface area contributed by atoms with E-state index in [1.54, 1.807) is 0 Å². The molecule has 0 spiro atoms. The second-order valence-electron chi connectivity index (χ2n) is 18.5. The van der Waals surface area contributed by atoms with Crippen molar-refractivity contribution in [2.45, 2.75) is 65.7 Å². The van der Waals surface area contributed by atoms with Crippen LogP contribution in [0.4, 0.5) is 0 Å². The monoisotopic (exact) mass is 1010 g/mol. The summed E-state index contributed by atoms with van der Waals surface area (Å²) in [5, 5.41) is 4.63. The first kappa shape index (κ1) is 41.4. The first-order valence-electron chi connectivity index (χ1n) is 22.0. The summed E-state index contributed by atoms with van der Waals surface area (Å²) in [6, 6.07) is 51.9. The molecule has 6 aromatic carbocycles. The van der Waals surface area contributed by atoms with E-state index < -0.39 is 0 Å². The predicted octanol–water partition coefficient (Wildman–Crippen LogP) is 14.5. The molecule has 316 valence electrons. The van der Waals surface area contributed by atoms with Gasteiger partial charge in [-0.1, -0.05) is 132 Å². The van der Waals surface area contributed by atoms with Crippen molar-refractivity contribution in [2.24, 2.45) is 0 Å². The standard InChI is InChI=1S/C57H48N6.Pt/c1-34(2)46-32-48-43-23-20-38(30-51(43)63(52(48)33-47(46)35(3)4)53-31-39(26-29-59-53)57(5,6)7)41-13-11-17-50-55(41)61-56(45-15-10-14-44-42-12-8-9-16-49(42)60-54(44)45)62(50)40-21-18-36(19-22-40)37-24-27-58-28-25-37;/h8-29,31-35H,1-7H3;/q-2;+2. The Bertz CT molecular complexity index is 3550. The summed E-state index contributed by atoms with van der Waals surface area (Å²) in [4.78, 5) is 20.1. The van der Waals surface area contributed by atoms with Gasteiger partial charge in [0.05, 0.1) is 11.0 Å². The smallest absolute Gasteiger partial charge is 0.656 e. The van der Waals surface area contributed by atoms with Crippen LogP contribution >= 0.6 is 0 Å². The summed E-state index contributed by atoms with van der Waals surface area (Å²) in [7, 11) is 0. The molecular weight excluding hydrogens is 964 g/mol. The van der Waals surface area contributed by atoms with Crippen molar-refractivity contribution >= 4 is 54.6 Å². The van der Waals surface area contributed by atoms with E-state index in [1.807, 2.05) is 30.7 Å². The van der Waals surface area contributed by atoms with Crippen LogP contribution in [-0.4, -0.2) is 24.1 Å². The quantitative estimate of drug-likeness (QED) is 0.149. The molecule has 0 atom stereocenters. The van der Waals surface area contributed by atoms with Crippen molar-refractivity contribution < 1.29 is 21.1 Å². The van der Waals surface area contributed by atoms with Gasteiger partial charge in [0.2, 0.25) is 0 Å². The molecular formula is C57H48N6Pt. The molecule has 64 heavy (non-hydrogen) atoms. The van der Waals surface area contributed by atoms with Gasteiger partial charge in [0.15, 0.2) is 0 Å². The number of rotatable bonds is 7. The molecule has 6 nitrogen and oxygen atoms in total. The first-order chi connectivity index (χ1) is 30.5. The van der Waals surface area contributed by atoms with Crippen LogP contribution in [0, 0.1) is 6.07 Å². The molecule has 0 fully saturated rings. The minimum Gasteiger partial charge on any atom is -0.656 e. The summed E-state index contributed by atoms with van der Waals surface area (Å²) in [5.41, 5.74) is 16.1. The first-order valence-corrected chi connectivity index (χ1v) is 22.0. The molecule has 5 aromatic heterocycles. The van der Waals surface area contributed by atoms with Crippen LogP contribution < -0.4 is 4.98 Å². The number of para-hydroxylation sites is 3. The summed E-state index contributed by atoms with van der Waals surface area (Å²) in [5.74, 6) is 2.49. The number of benzene rings is 6. The Hall–Kier alpha value is -6.62. The minimum absolute atomic E-state index is 0. The summed E-state index contributed by atoms with van der Waals surface area (Å²) in [6.07, 6.45) is 5.62. The molecule has 0 N–H and O–H groups in total. The molecule has 0 unspecified atom stereocenters. The van der Waals surface area contributed by atoms with Crippen LogP contribution in [0.2, 0.25) is 0 Å². The minimum atomic E-state index is -0.0420. The molecule has 0 radical (unpaired) electrons. The van der Waals surface area contributed by atoms with Gasteiger partial charge in [-0.15, -0.1) is 34.8 Å². The molecule has 0 saturated heterocycles. The second kappa shape index (κ2) is 15.9. The molecule has 0 aliphatic heterocycles. The van der Waals surface area contributed by atoms with Gasteiger partial charge < -0.3 is 9.55 Å². The van der Waals surface area contributed by atoms with Gasteiger partial charge in [0.1, 0.15) is 11.6 Å². The Kier molecular flexibility index (Phi) is 10.3. The van der Waals surface area contributed by atoms with E-state index in [-0.39, 0.29) is 26.5 Å². The maximum absolute atomic E-state index is 5.62. The van der Waals surface area contributed by atoms with Gasteiger partial charge in [0.25, 0.3) is 0 Å². The fourth-order valence-electron chi connectivity index (χ4n) is 9.51. The van der Waals surface area contributed by atoms with E-state index in [0.717, 1.165) is 94.4 Å². The maximum atomic E-state index is 5.62. The third kappa shape index (κ3) is 6.78. The summed E-state index contributed by atoms with van der Waals surface area (Å²) in [6.45, 7) is 16.0. The number of aromatic nitrogens is 6. The zero-order valence-corrected chi connectivity index (χ0v) is 39.4. The molecule has 11 rings (SSSR count). The van der Waals surface area contributed by atoms with Crippen LogP contribution in [0.25, 0.3) is 99.8 Å². The molecule has 5 heterocycles. The van der Waals surface area contributed by atoms with Crippen molar-refractivity contribution in [2.75, 3.05) is 0 Å². The van der Waals surface area contributed by atoms with Gasteiger partial charge in [-0.3, -0.25) is 9.55 Å². The van der Waals surface area contributed by atoms with Crippen LogP contribution in [-0.2, 0) is 26.5 Å². The largest absolute Gasteiger partial charge is 2.00 e. The third-order valence-corrected chi connectivity index (χ3v) is 12.8. The van der Waals surface area contributed by atoms with Crippen molar-refractivity contribution in [3.63, 3.8) is 0 Å². The van der Waals surface area contributed by atoms with E-state index >= 15 is 0 Å². The molecule has 11 aromatic rings. The Morgan fingerprint density at radius 1 is 0.594 bits per heavy atom. The number of fused-ring (bicyclic) bond motifs is 7. The Labute approximate surface area is 388 Å². The van der Waals surface area contributed by atoms with Crippen molar-refractivity contribution in [3.8, 4) is 45.1 Å². The number of hydrogen-bond acceptors (Lipinski definition) is 3. The SMILES string of the molecule is CC(C)c1cc2c3ccc(-c4cccc5c4nc(-c4cccc6c4[n-]c4ccccc46)n5-c4ccc(-c5ccncc5)cc4)[c-]c3n(-c3cc(C(C)(C)C)ccn3)c2cc1C(C)C.[Pt+2]. The van der Waals surface area contributed by atoms with Gasteiger partial charge in [-0.2, -0.15) is 0 Å². The van der Waals surface area contributed by atoms with Crippen LogP contribution in [0.3, 0.4) is 0 Å². The average molecular weight is 1010 g/mol. The molecule has 0 saturated carbocycles. The molecule has 0 bridgehead atoms. The molecule has 0 aliphatic rings. The fourth-order valence-corrected chi connectivity index (χ4v) is 9.51. The summed E-state index contributed by atoms with van der Waals surface area (Å²) < 4.78 is 4.63. The third-order valence-electron chi connectivity index (χ3n) is 12.8. The van der Waals surface area contributed by atoms with E-state index in [4.69, 9.17) is 15.0 Å². The summed E-state index contributed by atoms with van der Waals surface area (Å²) >= 11 is 0. The zero-order chi connectivity index (χ0) is 43.1. The number of imidazole rings is 1. The van der Waals surface area contributed by atoms with Crippen molar-refractivity contribution in [1.29, 1.82) is 0 Å². The zero-order valence-electron chi connectivity index (χ0n) is 37.1. The van der Waals surface area contributed by atoms with E-state index in [0.29, 0.717) is 11.8 Å². The number of hydrogen-bond donors (Lipinski definition) is 0. The number of nitrogens with zero attached hydrogens (tertiary/aromatic N) is 6. The topological polar surface area (TPSA) is 62.6 Å². The number of pyridine rings is 2. The van der Waals surface area contributed by atoms with E-state index in [9.17, 15) is 0 Å². The van der Waals surface area contributed by atoms with Crippen LogP contribution in [0.15, 0.2) is 152 Å². The van der Waals surface area contributed by atoms with Gasteiger partial charge >= 0.3 is 21.1 Å². The van der Waals surface area contributed by atoms with E-state index in [1.165, 1.54) is 22.1 Å². The Morgan fingerprint density at radius 3 is 2.06 bits per heavy atom. The fraction of sp³-hybridized carbons (Fsp3) is 0.175. The predicted molar refractivity (Wildman–Crippen MR) is 261 cm³/mol. The van der Waals surface area contributed by atoms with Gasteiger partial charge in [-0.05, 0) is 115 Å². The Balaban J connectivity index is 0.00000484. The second-order valence-corrected chi connectivity index (χ2v) is 18.5.